The van der Waals surface area contributed by atoms with Crippen LogP contribution < -0.4 is 5.73 Å². The van der Waals surface area contributed by atoms with Crippen molar-refractivity contribution in [2.45, 2.75) is 13.3 Å². The van der Waals surface area contributed by atoms with Crippen LogP contribution in [0.1, 0.15) is 12.7 Å². The Bertz CT molecular complexity index is 523. The van der Waals surface area contributed by atoms with Gasteiger partial charge in [-0.3, -0.25) is 0 Å². The second kappa shape index (κ2) is 6.54. The fourth-order valence-electron chi connectivity index (χ4n) is 1.97. The van der Waals surface area contributed by atoms with Crippen LogP contribution in [0.5, 0.6) is 0 Å². The Kier molecular flexibility index (Phi) is 4.76. The van der Waals surface area contributed by atoms with Gasteiger partial charge in [-0.25, -0.2) is 4.98 Å². The molecule has 0 aliphatic heterocycles. The molecule has 5 heteroatoms. The summed E-state index contributed by atoms with van der Waals surface area (Å²) in [6.07, 6.45) is 0.900. The van der Waals surface area contributed by atoms with Gasteiger partial charge in [0.1, 0.15) is 5.82 Å². The number of nitrogens with one attached hydrogen (secondary N) is 1. The number of rotatable bonds is 7. The minimum absolute atomic E-state index is 0.761. The van der Waals surface area contributed by atoms with Crippen LogP contribution in [-0.2, 0) is 11.2 Å². The lowest BCUT2D eigenvalue weighted by molar-refractivity contribution is 0.122. The van der Waals surface area contributed by atoms with E-state index in [0.717, 1.165) is 55.3 Å². The number of ether oxygens (including phenoxy) is 1. The Morgan fingerprint density at radius 2 is 2.21 bits per heavy atom. The molecule has 0 atom stereocenters. The first-order valence-corrected chi connectivity index (χ1v) is 6.69. The lowest BCUT2D eigenvalue weighted by Crippen LogP contribution is -2.25. The largest absolute Gasteiger partial charge is 0.399 e. The summed E-state index contributed by atoms with van der Waals surface area (Å²) >= 11 is 0. The van der Waals surface area contributed by atoms with E-state index in [1.807, 2.05) is 25.1 Å². The number of anilines is 1. The summed E-state index contributed by atoms with van der Waals surface area (Å²) in [6.45, 7) is 5.48. The van der Waals surface area contributed by atoms with Crippen LogP contribution in [0.15, 0.2) is 18.2 Å². The number of aromatic amines is 1. The highest BCUT2D eigenvalue weighted by Crippen LogP contribution is 2.15. The number of nitrogens with two attached hydrogens (primary N) is 1. The molecular weight excluding hydrogens is 240 g/mol. The lowest BCUT2D eigenvalue weighted by atomic mass is 10.3. The third-order valence-electron chi connectivity index (χ3n) is 3.11. The molecule has 0 fully saturated rings. The summed E-state index contributed by atoms with van der Waals surface area (Å²) in [4.78, 5) is 10.1. The molecule has 2 aromatic rings. The van der Waals surface area contributed by atoms with Gasteiger partial charge in [0.25, 0.3) is 0 Å². The van der Waals surface area contributed by atoms with Crippen molar-refractivity contribution in [1.82, 2.24) is 14.9 Å². The number of nitrogens with zero attached hydrogens (tertiary/aromatic N) is 2. The summed E-state index contributed by atoms with van der Waals surface area (Å²) in [7, 11) is 2.10. The smallest absolute Gasteiger partial charge is 0.108 e. The second-order valence-corrected chi connectivity index (χ2v) is 4.71. The minimum atomic E-state index is 0.761. The number of hydrogen-bond donors (Lipinski definition) is 2. The maximum atomic E-state index is 5.75. The van der Waals surface area contributed by atoms with E-state index in [4.69, 9.17) is 10.5 Å². The van der Waals surface area contributed by atoms with Gasteiger partial charge in [-0.1, -0.05) is 0 Å². The summed E-state index contributed by atoms with van der Waals surface area (Å²) in [5.74, 6) is 1.00. The van der Waals surface area contributed by atoms with Gasteiger partial charge < -0.3 is 20.4 Å². The van der Waals surface area contributed by atoms with E-state index in [-0.39, 0.29) is 0 Å². The first-order valence-electron chi connectivity index (χ1n) is 6.69. The molecule has 2 rings (SSSR count). The molecule has 0 aliphatic rings. The van der Waals surface area contributed by atoms with Crippen LogP contribution in [0.3, 0.4) is 0 Å². The fraction of sp³-hybridized carbons (Fsp3) is 0.500. The Labute approximate surface area is 113 Å². The Balaban J connectivity index is 1.87. The molecule has 0 bridgehead atoms. The number of nitrogen functional groups attached to an aromatic ring is 1. The van der Waals surface area contributed by atoms with Gasteiger partial charge in [0.2, 0.25) is 0 Å². The lowest BCUT2D eigenvalue weighted by Gasteiger charge is -2.15. The molecular formula is C14H22N4O. The van der Waals surface area contributed by atoms with Gasteiger partial charge in [-0.15, -0.1) is 0 Å². The molecule has 0 saturated carbocycles. The summed E-state index contributed by atoms with van der Waals surface area (Å²) in [5.41, 5.74) is 8.49. The molecule has 0 saturated heterocycles. The molecule has 0 spiro atoms. The van der Waals surface area contributed by atoms with Gasteiger partial charge in [-0.2, -0.15) is 0 Å². The van der Waals surface area contributed by atoms with E-state index in [0.29, 0.717) is 0 Å². The molecule has 5 nitrogen and oxygen atoms in total. The second-order valence-electron chi connectivity index (χ2n) is 4.71. The van der Waals surface area contributed by atoms with Crippen LogP contribution >= 0.6 is 0 Å². The molecule has 0 aliphatic carbocycles. The summed E-state index contributed by atoms with van der Waals surface area (Å²) < 4.78 is 5.34. The molecule has 3 N–H and O–H groups in total. The highest BCUT2D eigenvalue weighted by Gasteiger charge is 2.05. The van der Waals surface area contributed by atoms with Crippen molar-refractivity contribution in [1.29, 1.82) is 0 Å². The Hall–Kier alpha value is -1.59. The van der Waals surface area contributed by atoms with Crippen molar-refractivity contribution in [3.8, 4) is 0 Å². The SMILES string of the molecule is CCOCCN(C)CCc1nc2ccc(N)cc2[nH]1. The summed E-state index contributed by atoms with van der Waals surface area (Å²) in [5, 5.41) is 0. The molecule has 1 aromatic heterocycles. The average molecular weight is 262 g/mol. The van der Waals surface area contributed by atoms with Crippen molar-refractivity contribution in [3.63, 3.8) is 0 Å². The van der Waals surface area contributed by atoms with Crippen molar-refractivity contribution in [2.24, 2.45) is 0 Å². The first kappa shape index (κ1) is 13.8. The van der Waals surface area contributed by atoms with E-state index < -0.39 is 0 Å². The zero-order chi connectivity index (χ0) is 13.7. The Morgan fingerprint density at radius 1 is 1.37 bits per heavy atom. The van der Waals surface area contributed by atoms with E-state index in [1.54, 1.807) is 0 Å². The Morgan fingerprint density at radius 3 is 3.00 bits per heavy atom. The van der Waals surface area contributed by atoms with Crippen LogP contribution in [0, 0.1) is 0 Å². The van der Waals surface area contributed by atoms with Gasteiger partial charge in [0, 0.05) is 31.8 Å². The number of imidazole rings is 1. The molecule has 1 aromatic carbocycles. The topological polar surface area (TPSA) is 67.2 Å². The van der Waals surface area contributed by atoms with Gasteiger partial charge in [0.15, 0.2) is 0 Å². The van der Waals surface area contributed by atoms with Crippen LogP contribution in [0.4, 0.5) is 5.69 Å². The van der Waals surface area contributed by atoms with Crippen molar-refractivity contribution >= 4 is 16.7 Å². The van der Waals surface area contributed by atoms with E-state index >= 15 is 0 Å². The average Bonchev–Trinajstić information content (AvgIpc) is 2.78. The molecule has 0 unspecified atom stereocenters. The number of benzene rings is 1. The predicted molar refractivity (Wildman–Crippen MR) is 78.2 cm³/mol. The standard InChI is InChI=1S/C14H22N4O/c1-3-19-9-8-18(2)7-6-14-16-12-5-4-11(15)10-13(12)17-14/h4-5,10H,3,6-9,15H2,1-2H3,(H,16,17). The maximum absolute atomic E-state index is 5.75. The van der Waals surface area contributed by atoms with Crippen LogP contribution in [-0.4, -0.2) is 48.2 Å². The van der Waals surface area contributed by atoms with Crippen molar-refractivity contribution in [3.05, 3.63) is 24.0 Å². The zero-order valence-electron chi connectivity index (χ0n) is 11.6. The molecule has 0 radical (unpaired) electrons. The zero-order valence-corrected chi connectivity index (χ0v) is 11.6. The highest BCUT2D eigenvalue weighted by molar-refractivity contribution is 5.78. The normalized spacial score (nSPS) is 11.5. The van der Waals surface area contributed by atoms with E-state index in [2.05, 4.69) is 21.9 Å². The summed E-state index contributed by atoms with van der Waals surface area (Å²) in [6, 6.07) is 5.75. The van der Waals surface area contributed by atoms with Gasteiger partial charge >= 0.3 is 0 Å². The third kappa shape index (κ3) is 3.94. The molecule has 104 valence electrons. The number of hydrogen-bond acceptors (Lipinski definition) is 4. The van der Waals surface area contributed by atoms with Crippen molar-refractivity contribution < 1.29 is 4.74 Å². The minimum Gasteiger partial charge on any atom is -0.399 e. The molecule has 19 heavy (non-hydrogen) atoms. The number of fused-ring (bicyclic) bond motifs is 1. The van der Waals surface area contributed by atoms with Gasteiger partial charge in [0.05, 0.1) is 17.6 Å². The molecule has 0 amide bonds. The van der Waals surface area contributed by atoms with Crippen LogP contribution in [0.2, 0.25) is 0 Å². The number of likely N-dealkylation sites (N-methyl/N-ethyl adjacent to an activating group) is 1. The van der Waals surface area contributed by atoms with E-state index in [1.165, 1.54) is 0 Å². The third-order valence-corrected chi connectivity index (χ3v) is 3.11. The quantitative estimate of drug-likeness (QED) is 0.588. The van der Waals surface area contributed by atoms with Crippen molar-refractivity contribution in [2.75, 3.05) is 39.1 Å². The first-order chi connectivity index (χ1) is 9.19. The highest BCUT2D eigenvalue weighted by atomic mass is 16.5. The monoisotopic (exact) mass is 262 g/mol. The number of aromatic nitrogens is 2. The van der Waals surface area contributed by atoms with E-state index in [9.17, 15) is 0 Å². The number of H-pyrrole nitrogens is 1. The van der Waals surface area contributed by atoms with Crippen LogP contribution in [0.25, 0.3) is 11.0 Å². The van der Waals surface area contributed by atoms with Gasteiger partial charge in [-0.05, 0) is 32.2 Å². The predicted octanol–water partition coefficient (Wildman–Crippen LogP) is 1.66. The maximum Gasteiger partial charge on any atom is 0.108 e. The molecule has 1 heterocycles. The fourth-order valence-corrected chi connectivity index (χ4v) is 1.97.